The fraction of sp³-hybridized carbons (Fsp3) is 0.211. The summed E-state index contributed by atoms with van der Waals surface area (Å²) in [6.07, 6.45) is 3.82. The smallest absolute Gasteiger partial charge is 0.232 e. The third-order valence-corrected chi connectivity index (χ3v) is 4.51. The van der Waals surface area contributed by atoms with Crippen LogP contribution in [0.4, 0.5) is 0 Å². The van der Waals surface area contributed by atoms with Crippen molar-refractivity contribution in [3.63, 3.8) is 0 Å². The second-order valence-corrected chi connectivity index (χ2v) is 6.61. The summed E-state index contributed by atoms with van der Waals surface area (Å²) in [5.41, 5.74) is 2.93. The SMILES string of the molecule is CC(C)=CCOc1ccc2c(c1)O/C(=C/c1sccc1C)C2=O. The quantitative estimate of drug-likeness (QED) is 0.585. The molecular formula is C19H18O3S. The van der Waals surface area contributed by atoms with Crippen molar-refractivity contribution in [3.8, 4) is 11.5 Å². The third kappa shape index (κ3) is 3.37. The van der Waals surface area contributed by atoms with Crippen molar-refractivity contribution in [1.82, 2.24) is 0 Å². The number of benzene rings is 1. The van der Waals surface area contributed by atoms with Crippen LogP contribution in [0.15, 0.2) is 47.1 Å². The Morgan fingerprint density at radius 3 is 2.83 bits per heavy atom. The summed E-state index contributed by atoms with van der Waals surface area (Å²) < 4.78 is 11.4. The normalized spacial score (nSPS) is 14.6. The molecule has 1 aromatic heterocycles. The van der Waals surface area contributed by atoms with Crippen LogP contribution in [0.1, 0.15) is 34.6 Å². The van der Waals surface area contributed by atoms with Crippen molar-refractivity contribution in [1.29, 1.82) is 0 Å². The number of thiophene rings is 1. The first-order valence-corrected chi connectivity index (χ1v) is 8.31. The minimum Gasteiger partial charge on any atom is -0.489 e. The van der Waals surface area contributed by atoms with E-state index in [9.17, 15) is 4.79 Å². The van der Waals surface area contributed by atoms with Crippen molar-refractivity contribution in [2.24, 2.45) is 0 Å². The lowest BCUT2D eigenvalue weighted by molar-refractivity contribution is 0.101. The summed E-state index contributed by atoms with van der Waals surface area (Å²) in [5, 5.41) is 2.00. The molecule has 4 heteroatoms. The van der Waals surface area contributed by atoms with E-state index in [4.69, 9.17) is 9.47 Å². The van der Waals surface area contributed by atoms with E-state index in [1.165, 1.54) is 5.57 Å². The second kappa shape index (κ2) is 6.42. The van der Waals surface area contributed by atoms with E-state index < -0.39 is 0 Å². The fourth-order valence-corrected chi connectivity index (χ4v) is 3.06. The van der Waals surface area contributed by atoms with Crippen LogP contribution in [0.5, 0.6) is 11.5 Å². The number of rotatable bonds is 4. The summed E-state index contributed by atoms with van der Waals surface area (Å²) in [7, 11) is 0. The highest BCUT2D eigenvalue weighted by atomic mass is 32.1. The van der Waals surface area contributed by atoms with Crippen LogP contribution in [-0.2, 0) is 0 Å². The maximum atomic E-state index is 12.4. The van der Waals surface area contributed by atoms with Gasteiger partial charge in [-0.05, 0) is 56.0 Å². The molecule has 0 unspecified atom stereocenters. The molecule has 1 aliphatic rings. The van der Waals surface area contributed by atoms with Crippen molar-refractivity contribution in [2.45, 2.75) is 20.8 Å². The van der Waals surface area contributed by atoms with E-state index in [2.05, 4.69) is 0 Å². The van der Waals surface area contributed by atoms with E-state index >= 15 is 0 Å². The maximum absolute atomic E-state index is 12.4. The van der Waals surface area contributed by atoms with Crippen molar-refractivity contribution in [2.75, 3.05) is 6.61 Å². The van der Waals surface area contributed by atoms with Crippen LogP contribution >= 0.6 is 11.3 Å². The van der Waals surface area contributed by atoms with Gasteiger partial charge in [-0.3, -0.25) is 4.79 Å². The molecule has 118 valence electrons. The van der Waals surface area contributed by atoms with Gasteiger partial charge in [-0.25, -0.2) is 0 Å². The molecule has 2 aromatic rings. The zero-order valence-electron chi connectivity index (χ0n) is 13.4. The highest BCUT2D eigenvalue weighted by Crippen LogP contribution is 2.35. The third-order valence-electron chi connectivity index (χ3n) is 3.55. The number of ether oxygens (including phenoxy) is 2. The number of fused-ring (bicyclic) bond motifs is 1. The Hall–Kier alpha value is -2.33. The van der Waals surface area contributed by atoms with Gasteiger partial charge in [0.1, 0.15) is 18.1 Å². The highest BCUT2D eigenvalue weighted by molar-refractivity contribution is 7.11. The molecule has 0 aliphatic carbocycles. The molecule has 0 saturated carbocycles. The summed E-state index contributed by atoms with van der Waals surface area (Å²) in [6, 6.07) is 7.36. The predicted octanol–water partition coefficient (Wildman–Crippen LogP) is 5.02. The van der Waals surface area contributed by atoms with E-state index in [1.807, 2.05) is 44.4 Å². The van der Waals surface area contributed by atoms with Gasteiger partial charge in [0.05, 0.1) is 5.56 Å². The van der Waals surface area contributed by atoms with E-state index in [1.54, 1.807) is 29.5 Å². The van der Waals surface area contributed by atoms with Crippen LogP contribution in [0.3, 0.4) is 0 Å². The average molecular weight is 326 g/mol. The van der Waals surface area contributed by atoms with E-state index in [-0.39, 0.29) is 5.78 Å². The van der Waals surface area contributed by atoms with Gasteiger partial charge in [0, 0.05) is 17.0 Å². The second-order valence-electron chi connectivity index (χ2n) is 5.66. The molecule has 3 nitrogen and oxygen atoms in total. The molecule has 0 fully saturated rings. The summed E-state index contributed by atoms with van der Waals surface area (Å²) >= 11 is 1.59. The number of hydrogen-bond donors (Lipinski definition) is 0. The number of hydrogen-bond acceptors (Lipinski definition) is 4. The standard InChI is InChI=1S/C19H18O3S/c1-12(2)6-8-21-14-4-5-15-16(10-14)22-17(19(15)20)11-18-13(3)7-9-23-18/h4-7,9-11H,8H2,1-3H3/b17-11+. The van der Waals surface area contributed by atoms with E-state index in [0.29, 0.717) is 29.4 Å². The Labute approximate surface area is 139 Å². The van der Waals surface area contributed by atoms with Crippen LogP contribution in [0.25, 0.3) is 6.08 Å². The topological polar surface area (TPSA) is 35.5 Å². The molecule has 3 rings (SSSR count). The van der Waals surface area contributed by atoms with Gasteiger partial charge in [-0.15, -0.1) is 11.3 Å². The summed E-state index contributed by atoms with van der Waals surface area (Å²) in [5.74, 6) is 1.54. The molecule has 0 saturated heterocycles. The minimum atomic E-state index is -0.0800. The largest absolute Gasteiger partial charge is 0.489 e. The number of carbonyl (C=O) groups is 1. The molecule has 0 atom stereocenters. The number of allylic oxidation sites excluding steroid dienone is 2. The average Bonchev–Trinajstić information content (AvgIpc) is 3.04. The van der Waals surface area contributed by atoms with Crippen molar-refractivity contribution < 1.29 is 14.3 Å². The van der Waals surface area contributed by atoms with Gasteiger partial charge in [0.25, 0.3) is 0 Å². The molecule has 0 radical (unpaired) electrons. The minimum absolute atomic E-state index is 0.0800. The lowest BCUT2D eigenvalue weighted by Crippen LogP contribution is -1.97. The Kier molecular flexibility index (Phi) is 4.35. The summed E-state index contributed by atoms with van der Waals surface area (Å²) in [4.78, 5) is 13.5. The lowest BCUT2D eigenvalue weighted by atomic mass is 10.1. The predicted molar refractivity (Wildman–Crippen MR) is 93.4 cm³/mol. The maximum Gasteiger partial charge on any atom is 0.232 e. The molecular weight excluding hydrogens is 308 g/mol. The van der Waals surface area contributed by atoms with E-state index in [0.717, 1.165) is 10.4 Å². The van der Waals surface area contributed by atoms with Gasteiger partial charge < -0.3 is 9.47 Å². The number of aryl methyl sites for hydroxylation is 1. The van der Waals surface area contributed by atoms with Gasteiger partial charge in [0.15, 0.2) is 5.76 Å². The first kappa shape index (κ1) is 15.6. The Morgan fingerprint density at radius 2 is 2.13 bits per heavy atom. The molecule has 0 N–H and O–H groups in total. The summed E-state index contributed by atoms with van der Waals surface area (Å²) in [6.45, 7) is 6.58. The highest BCUT2D eigenvalue weighted by Gasteiger charge is 2.28. The molecule has 0 spiro atoms. The van der Waals surface area contributed by atoms with Crippen LogP contribution in [-0.4, -0.2) is 12.4 Å². The first-order valence-electron chi connectivity index (χ1n) is 7.43. The van der Waals surface area contributed by atoms with Crippen molar-refractivity contribution >= 4 is 23.2 Å². The molecule has 0 bridgehead atoms. The number of Topliss-reactive ketones (excluding diaryl/α,β-unsaturated/α-hetero) is 1. The lowest BCUT2D eigenvalue weighted by Gasteiger charge is -2.05. The zero-order valence-corrected chi connectivity index (χ0v) is 14.2. The fourth-order valence-electron chi connectivity index (χ4n) is 2.21. The van der Waals surface area contributed by atoms with Crippen LogP contribution < -0.4 is 9.47 Å². The van der Waals surface area contributed by atoms with Gasteiger partial charge >= 0.3 is 0 Å². The van der Waals surface area contributed by atoms with Gasteiger partial charge in [0.2, 0.25) is 5.78 Å². The van der Waals surface area contributed by atoms with Crippen LogP contribution in [0, 0.1) is 6.92 Å². The Bertz CT molecular complexity index is 808. The number of carbonyl (C=O) groups excluding carboxylic acids is 1. The molecule has 2 heterocycles. The number of ketones is 1. The monoisotopic (exact) mass is 326 g/mol. The first-order chi connectivity index (χ1) is 11.0. The molecule has 23 heavy (non-hydrogen) atoms. The van der Waals surface area contributed by atoms with Gasteiger partial charge in [-0.2, -0.15) is 0 Å². The zero-order chi connectivity index (χ0) is 16.4. The molecule has 0 amide bonds. The Balaban J connectivity index is 1.81. The Morgan fingerprint density at radius 1 is 1.30 bits per heavy atom. The van der Waals surface area contributed by atoms with Gasteiger partial charge in [-0.1, -0.05) is 5.57 Å². The van der Waals surface area contributed by atoms with Crippen molar-refractivity contribution in [3.05, 3.63) is 63.1 Å². The molecule has 1 aromatic carbocycles. The van der Waals surface area contributed by atoms with Crippen LogP contribution in [0.2, 0.25) is 0 Å². The molecule has 1 aliphatic heterocycles.